The van der Waals surface area contributed by atoms with Crippen molar-refractivity contribution in [1.82, 2.24) is 20.4 Å². The quantitative estimate of drug-likeness (QED) is 0.283. The van der Waals surface area contributed by atoms with Crippen molar-refractivity contribution in [2.24, 2.45) is 4.99 Å². The molecule has 0 aliphatic carbocycles. The molecule has 0 bridgehead atoms. The van der Waals surface area contributed by atoms with Crippen molar-refractivity contribution in [3.05, 3.63) is 23.8 Å². The number of hydrogen-bond acceptors (Lipinski definition) is 5. The van der Waals surface area contributed by atoms with Gasteiger partial charge in [0.2, 0.25) is 0 Å². The summed E-state index contributed by atoms with van der Waals surface area (Å²) in [5, 5.41) is 6.86. The molecule has 7 heteroatoms. The van der Waals surface area contributed by atoms with Gasteiger partial charge in [-0.05, 0) is 63.4 Å². The highest BCUT2D eigenvalue weighted by Crippen LogP contribution is 2.28. The van der Waals surface area contributed by atoms with Crippen LogP contribution in [0.5, 0.6) is 11.5 Å². The maximum absolute atomic E-state index is 5.67. The number of unbranched alkanes of at least 4 members (excludes halogenated alkanes) is 1. The average molecular weight is 434 g/mol. The molecule has 7 nitrogen and oxygen atoms in total. The van der Waals surface area contributed by atoms with Gasteiger partial charge in [-0.25, -0.2) is 0 Å². The highest BCUT2D eigenvalue weighted by molar-refractivity contribution is 5.79. The largest absolute Gasteiger partial charge is 0.493 e. The van der Waals surface area contributed by atoms with Crippen molar-refractivity contribution < 1.29 is 9.47 Å². The molecule has 0 unspecified atom stereocenters. The maximum Gasteiger partial charge on any atom is 0.190 e. The third kappa shape index (κ3) is 9.35. The average Bonchev–Trinajstić information content (AvgIpc) is 2.81. The molecule has 0 aromatic heterocycles. The molecule has 1 fully saturated rings. The van der Waals surface area contributed by atoms with Crippen LogP contribution in [-0.2, 0) is 6.42 Å². The lowest BCUT2D eigenvalue weighted by Crippen LogP contribution is -2.46. The van der Waals surface area contributed by atoms with E-state index in [9.17, 15) is 0 Å². The number of nitrogens with one attached hydrogen (secondary N) is 2. The third-order valence-electron chi connectivity index (χ3n) is 5.79. The van der Waals surface area contributed by atoms with Crippen molar-refractivity contribution in [2.75, 3.05) is 73.1 Å². The second-order valence-corrected chi connectivity index (χ2v) is 7.93. The number of ether oxygens (including phenoxy) is 2. The summed E-state index contributed by atoms with van der Waals surface area (Å²) in [4.78, 5) is 9.46. The molecule has 0 atom stereocenters. The molecule has 0 spiro atoms. The fourth-order valence-electron chi connectivity index (χ4n) is 3.86. The van der Waals surface area contributed by atoms with Crippen LogP contribution >= 0.6 is 0 Å². The number of hydrogen-bond donors (Lipinski definition) is 2. The van der Waals surface area contributed by atoms with Crippen molar-refractivity contribution in [3.63, 3.8) is 0 Å². The van der Waals surface area contributed by atoms with E-state index < -0.39 is 0 Å². The van der Waals surface area contributed by atoms with Crippen molar-refractivity contribution >= 4 is 5.96 Å². The van der Waals surface area contributed by atoms with E-state index in [-0.39, 0.29) is 0 Å². The number of rotatable bonds is 13. The first-order valence-corrected chi connectivity index (χ1v) is 11.9. The van der Waals surface area contributed by atoms with Crippen LogP contribution in [0.2, 0.25) is 0 Å². The third-order valence-corrected chi connectivity index (χ3v) is 5.79. The Labute approximate surface area is 189 Å². The van der Waals surface area contributed by atoms with Gasteiger partial charge in [0.05, 0.1) is 13.7 Å². The smallest absolute Gasteiger partial charge is 0.190 e. The fourth-order valence-corrected chi connectivity index (χ4v) is 3.86. The van der Waals surface area contributed by atoms with E-state index in [1.165, 1.54) is 57.7 Å². The molecular weight excluding hydrogens is 390 g/mol. The van der Waals surface area contributed by atoms with Gasteiger partial charge in [0.25, 0.3) is 0 Å². The first-order chi connectivity index (χ1) is 15.2. The van der Waals surface area contributed by atoms with Crippen LogP contribution in [0.4, 0.5) is 0 Å². The summed E-state index contributed by atoms with van der Waals surface area (Å²) in [6.07, 6.45) is 4.41. The summed E-state index contributed by atoms with van der Waals surface area (Å²) in [5.74, 6) is 2.50. The van der Waals surface area contributed by atoms with Gasteiger partial charge in [-0.2, -0.15) is 0 Å². The normalized spacial score (nSPS) is 15.7. The highest BCUT2D eigenvalue weighted by Gasteiger charge is 2.14. The number of aryl methyl sites for hydroxylation is 1. The number of methoxy groups -OCH3 is 1. The summed E-state index contributed by atoms with van der Waals surface area (Å²) >= 11 is 0. The van der Waals surface area contributed by atoms with Gasteiger partial charge < -0.3 is 29.9 Å². The van der Waals surface area contributed by atoms with Crippen LogP contribution in [0.25, 0.3) is 0 Å². The van der Waals surface area contributed by atoms with Crippen molar-refractivity contribution in [1.29, 1.82) is 0 Å². The molecule has 1 heterocycles. The lowest BCUT2D eigenvalue weighted by Gasteiger charge is -2.34. The summed E-state index contributed by atoms with van der Waals surface area (Å²) in [5.41, 5.74) is 1.26. The monoisotopic (exact) mass is 433 g/mol. The van der Waals surface area contributed by atoms with Gasteiger partial charge >= 0.3 is 0 Å². The number of likely N-dealkylation sites (N-methyl/N-ethyl adjacent to an activating group) is 1. The minimum Gasteiger partial charge on any atom is -0.493 e. The molecular formula is C24H43N5O2. The second-order valence-electron chi connectivity index (χ2n) is 7.93. The lowest BCUT2D eigenvalue weighted by molar-refractivity contribution is 0.136. The molecule has 176 valence electrons. The first-order valence-electron chi connectivity index (χ1n) is 11.9. The molecule has 2 rings (SSSR count). The second kappa shape index (κ2) is 14.9. The van der Waals surface area contributed by atoms with Crippen molar-refractivity contribution in [3.8, 4) is 11.5 Å². The minimum absolute atomic E-state index is 0.638. The Hall–Kier alpha value is -1.99. The number of nitrogens with zero attached hydrogens (tertiary/aromatic N) is 3. The Morgan fingerprint density at radius 2 is 1.68 bits per heavy atom. The van der Waals surface area contributed by atoms with E-state index in [1.54, 1.807) is 7.11 Å². The van der Waals surface area contributed by atoms with E-state index in [4.69, 9.17) is 9.47 Å². The Morgan fingerprint density at radius 3 is 2.32 bits per heavy atom. The van der Waals surface area contributed by atoms with E-state index in [0.717, 1.165) is 43.4 Å². The standard InChI is InChI=1S/C24H43N5O2/c1-5-28-16-18-29(19-17-28)15-8-7-13-26-24(25-3)27-14-9-10-21-11-12-22(30-4)23(20-21)31-6-2/h11-12,20H,5-10,13-19H2,1-4H3,(H2,25,26,27). The zero-order valence-corrected chi connectivity index (χ0v) is 20.1. The van der Waals surface area contributed by atoms with Crippen molar-refractivity contribution in [2.45, 2.75) is 39.5 Å². The van der Waals surface area contributed by atoms with E-state index in [0.29, 0.717) is 6.61 Å². The molecule has 0 amide bonds. The molecule has 0 radical (unpaired) electrons. The SMILES string of the molecule is CCOc1cc(CCCNC(=NC)NCCCCN2CCN(CC)CC2)ccc1OC. The van der Waals surface area contributed by atoms with Gasteiger partial charge in [-0.3, -0.25) is 4.99 Å². The molecule has 0 saturated carbocycles. The van der Waals surface area contributed by atoms with Crippen LogP contribution in [0, 0.1) is 0 Å². The van der Waals surface area contributed by atoms with E-state index in [1.807, 2.05) is 20.0 Å². The molecule has 2 N–H and O–H groups in total. The van der Waals surface area contributed by atoms with Gasteiger partial charge in [0, 0.05) is 46.3 Å². The van der Waals surface area contributed by atoms with Gasteiger partial charge in [-0.15, -0.1) is 0 Å². The molecule has 1 aromatic carbocycles. The van der Waals surface area contributed by atoms with Crippen LogP contribution in [0.3, 0.4) is 0 Å². The topological polar surface area (TPSA) is 61.4 Å². The summed E-state index contributed by atoms with van der Waals surface area (Å²) in [6, 6.07) is 6.17. The van der Waals surface area contributed by atoms with Crippen LogP contribution in [-0.4, -0.2) is 88.9 Å². The van der Waals surface area contributed by atoms with E-state index >= 15 is 0 Å². The highest BCUT2D eigenvalue weighted by atomic mass is 16.5. The Morgan fingerprint density at radius 1 is 0.968 bits per heavy atom. The Bertz CT molecular complexity index is 645. The molecule has 1 aromatic rings. The first kappa shape index (κ1) is 25.3. The maximum atomic E-state index is 5.67. The number of piperazine rings is 1. The summed E-state index contributed by atoms with van der Waals surface area (Å²) in [7, 11) is 3.51. The molecule has 31 heavy (non-hydrogen) atoms. The summed E-state index contributed by atoms with van der Waals surface area (Å²) in [6.45, 7) is 14.0. The van der Waals surface area contributed by atoms with Crippen LogP contribution in [0.15, 0.2) is 23.2 Å². The zero-order chi connectivity index (χ0) is 22.3. The van der Waals surface area contributed by atoms with E-state index in [2.05, 4.69) is 44.5 Å². The number of benzene rings is 1. The van der Waals surface area contributed by atoms with Crippen LogP contribution < -0.4 is 20.1 Å². The van der Waals surface area contributed by atoms with Gasteiger partial charge in [0.1, 0.15) is 0 Å². The molecule has 1 saturated heterocycles. The fraction of sp³-hybridized carbons (Fsp3) is 0.708. The molecule has 1 aliphatic rings. The number of aliphatic imine (C=N–C) groups is 1. The number of guanidine groups is 1. The van der Waals surface area contributed by atoms with Gasteiger partial charge in [0.15, 0.2) is 17.5 Å². The summed E-state index contributed by atoms with van der Waals surface area (Å²) < 4.78 is 11.0. The Balaban J connectivity index is 1.56. The predicted molar refractivity (Wildman–Crippen MR) is 130 cm³/mol. The molecule has 1 aliphatic heterocycles. The van der Waals surface area contributed by atoms with Gasteiger partial charge in [-0.1, -0.05) is 13.0 Å². The zero-order valence-electron chi connectivity index (χ0n) is 20.1. The lowest BCUT2D eigenvalue weighted by atomic mass is 10.1. The van der Waals surface area contributed by atoms with Crippen LogP contribution in [0.1, 0.15) is 38.7 Å². The minimum atomic E-state index is 0.638. The predicted octanol–water partition coefficient (Wildman–Crippen LogP) is 2.61. The Kier molecular flexibility index (Phi) is 12.2.